The molecule has 0 spiro atoms. The molecule has 4 heteroatoms. The Labute approximate surface area is 184 Å². The van der Waals surface area contributed by atoms with Gasteiger partial charge < -0.3 is 9.47 Å². The van der Waals surface area contributed by atoms with E-state index in [9.17, 15) is 0 Å². The summed E-state index contributed by atoms with van der Waals surface area (Å²) < 4.78 is 10.4. The number of ether oxygens (including phenoxy) is 2. The molecular weight excluding hydrogens is 396 g/mol. The Morgan fingerprint density at radius 3 is 1.66 bits per heavy atom. The minimum atomic E-state index is -0.379. The zero-order valence-electron chi connectivity index (χ0n) is 16.9. The SMILES string of the molecule is [CH2]CC(S)CSC(c1ccccc1)(c1ccc(OC)cc1)c1ccc(OC)cc1. The van der Waals surface area contributed by atoms with E-state index >= 15 is 0 Å². The highest BCUT2D eigenvalue weighted by Gasteiger charge is 2.37. The Balaban J connectivity index is 2.21. The van der Waals surface area contributed by atoms with Crippen LogP contribution in [0.5, 0.6) is 11.5 Å². The molecule has 0 aromatic heterocycles. The van der Waals surface area contributed by atoms with Gasteiger partial charge in [0.05, 0.1) is 19.0 Å². The maximum absolute atomic E-state index is 5.40. The molecule has 0 N–H and O–H groups in total. The van der Waals surface area contributed by atoms with Crippen molar-refractivity contribution in [2.45, 2.75) is 16.4 Å². The molecule has 3 aromatic rings. The topological polar surface area (TPSA) is 18.5 Å². The number of thioether (sulfide) groups is 1. The maximum atomic E-state index is 5.40. The van der Waals surface area contributed by atoms with Crippen molar-refractivity contribution >= 4 is 24.4 Å². The van der Waals surface area contributed by atoms with Crippen molar-refractivity contribution in [1.29, 1.82) is 0 Å². The Bertz CT molecular complexity index is 829. The van der Waals surface area contributed by atoms with E-state index in [1.807, 2.05) is 36.0 Å². The lowest BCUT2D eigenvalue weighted by Gasteiger charge is -2.36. The Morgan fingerprint density at radius 2 is 1.24 bits per heavy atom. The number of rotatable bonds is 9. The first-order valence-electron chi connectivity index (χ1n) is 9.60. The molecule has 0 amide bonds. The van der Waals surface area contributed by atoms with Crippen molar-refractivity contribution in [3.8, 4) is 11.5 Å². The van der Waals surface area contributed by atoms with Crippen molar-refractivity contribution in [1.82, 2.24) is 0 Å². The first-order chi connectivity index (χ1) is 14.1. The van der Waals surface area contributed by atoms with Gasteiger partial charge >= 0.3 is 0 Å². The van der Waals surface area contributed by atoms with E-state index in [0.717, 1.165) is 23.7 Å². The van der Waals surface area contributed by atoms with Gasteiger partial charge in [-0.2, -0.15) is 12.6 Å². The molecule has 0 bridgehead atoms. The highest BCUT2D eigenvalue weighted by molar-refractivity contribution is 8.01. The lowest BCUT2D eigenvalue weighted by Crippen LogP contribution is -2.27. The number of hydrogen-bond donors (Lipinski definition) is 1. The highest BCUT2D eigenvalue weighted by Crippen LogP contribution is 2.49. The fourth-order valence-electron chi connectivity index (χ4n) is 3.38. The second-order valence-corrected chi connectivity index (χ2v) is 8.72. The lowest BCUT2D eigenvalue weighted by atomic mass is 9.84. The van der Waals surface area contributed by atoms with Crippen LogP contribution in [0, 0.1) is 6.92 Å². The second kappa shape index (κ2) is 10.1. The van der Waals surface area contributed by atoms with Crippen LogP contribution in [0.4, 0.5) is 0 Å². The van der Waals surface area contributed by atoms with Gasteiger partial charge in [0.2, 0.25) is 0 Å². The Kier molecular flexibility index (Phi) is 7.57. The molecule has 151 valence electrons. The van der Waals surface area contributed by atoms with Crippen LogP contribution in [0.25, 0.3) is 0 Å². The Hall–Kier alpha value is -2.04. The monoisotopic (exact) mass is 423 g/mol. The average molecular weight is 424 g/mol. The van der Waals surface area contributed by atoms with E-state index in [0.29, 0.717) is 0 Å². The largest absolute Gasteiger partial charge is 0.497 e. The zero-order chi connectivity index (χ0) is 20.7. The summed E-state index contributed by atoms with van der Waals surface area (Å²) in [4.78, 5) is 0. The number of methoxy groups -OCH3 is 2. The number of hydrogen-bond acceptors (Lipinski definition) is 4. The van der Waals surface area contributed by atoms with Crippen LogP contribution in [0.2, 0.25) is 0 Å². The molecule has 29 heavy (non-hydrogen) atoms. The van der Waals surface area contributed by atoms with Crippen molar-refractivity contribution in [2.75, 3.05) is 20.0 Å². The summed E-state index contributed by atoms with van der Waals surface area (Å²) in [5.41, 5.74) is 3.62. The van der Waals surface area contributed by atoms with Crippen LogP contribution >= 0.6 is 24.4 Å². The molecule has 0 heterocycles. The predicted molar refractivity (Wildman–Crippen MR) is 128 cm³/mol. The quantitative estimate of drug-likeness (QED) is 0.324. The van der Waals surface area contributed by atoms with Crippen LogP contribution in [-0.4, -0.2) is 25.2 Å². The third-order valence-electron chi connectivity index (χ3n) is 5.00. The van der Waals surface area contributed by atoms with Gasteiger partial charge in [0, 0.05) is 11.0 Å². The molecule has 0 fully saturated rings. The van der Waals surface area contributed by atoms with Crippen molar-refractivity contribution in [2.24, 2.45) is 0 Å². The van der Waals surface area contributed by atoms with Gasteiger partial charge in [0.15, 0.2) is 0 Å². The molecule has 1 unspecified atom stereocenters. The van der Waals surface area contributed by atoms with E-state index in [1.54, 1.807) is 14.2 Å². The lowest BCUT2D eigenvalue weighted by molar-refractivity contribution is 0.414. The standard InChI is InChI=1S/C25H27O2S2/c1-4-24(28)18-29-25(19-8-6-5-7-9-19,20-10-14-22(26-2)15-11-20)21-12-16-23(27-3)17-13-21/h5-17,24,28H,1,4,18H2,2-3H3. The first-order valence-corrected chi connectivity index (χ1v) is 11.1. The third kappa shape index (κ3) is 4.76. The summed E-state index contributed by atoms with van der Waals surface area (Å²) in [5, 5.41) is 0.222. The average Bonchev–Trinajstić information content (AvgIpc) is 2.80. The van der Waals surface area contributed by atoms with Gasteiger partial charge in [-0.25, -0.2) is 0 Å². The summed E-state index contributed by atoms with van der Waals surface area (Å²) in [7, 11) is 3.38. The molecule has 0 saturated heterocycles. The minimum Gasteiger partial charge on any atom is -0.497 e. The summed E-state index contributed by atoms with van der Waals surface area (Å²) in [6.07, 6.45) is 0.784. The van der Waals surface area contributed by atoms with Crippen LogP contribution in [0.1, 0.15) is 23.1 Å². The van der Waals surface area contributed by atoms with Crippen molar-refractivity contribution < 1.29 is 9.47 Å². The Morgan fingerprint density at radius 1 is 0.793 bits per heavy atom. The van der Waals surface area contributed by atoms with Gasteiger partial charge in [-0.05, 0) is 47.4 Å². The predicted octanol–water partition coefficient (Wildman–Crippen LogP) is 6.25. The van der Waals surface area contributed by atoms with E-state index in [4.69, 9.17) is 22.1 Å². The summed E-state index contributed by atoms with van der Waals surface area (Å²) in [6, 6.07) is 27.3. The summed E-state index contributed by atoms with van der Waals surface area (Å²) in [5.74, 6) is 2.57. The van der Waals surface area contributed by atoms with E-state index in [2.05, 4.69) is 61.5 Å². The maximum Gasteiger partial charge on any atom is 0.118 e. The normalized spacial score (nSPS) is 12.4. The highest BCUT2D eigenvalue weighted by atomic mass is 32.2. The van der Waals surface area contributed by atoms with Crippen molar-refractivity contribution in [3.63, 3.8) is 0 Å². The van der Waals surface area contributed by atoms with Crippen LogP contribution < -0.4 is 9.47 Å². The second-order valence-electron chi connectivity index (χ2n) is 6.76. The molecule has 3 rings (SSSR count). The molecule has 0 aliphatic carbocycles. The van der Waals surface area contributed by atoms with Gasteiger partial charge in [-0.15, -0.1) is 11.8 Å². The third-order valence-corrected chi connectivity index (χ3v) is 7.40. The van der Waals surface area contributed by atoms with E-state index in [-0.39, 0.29) is 10.00 Å². The number of benzene rings is 3. The molecule has 1 atom stereocenters. The van der Waals surface area contributed by atoms with Crippen LogP contribution in [0.15, 0.2) is 78.9 Å². The van der Waals surface area contributed by atoms with Crippen molar-refractivity contribution in [3.05, 3.63) is 102 Å². The summed E-state index contributed by atoms with van der Waals surface area (Å²) in [6.45, 7) is 4.03. The van der Waals surface area contributed by atoms with Gasteiger partial charge in [0.1, 0.15) is 11.5 Å². The molecule has 0 aliphatic rings. The summed E-state index contributed by atoms with van der Waals surface area (Å²) >= 11 is 6.61. The first kappa shape index (κ1) is 21.7. The van der Waals surface area contributed by atoms with Crippen LogP contribution in [-0.2, 0) is 4.75 Å². The van der Waals surface area contributed by atoms with Crippen LogP contribution in [0.3, 0.4) is 0 Å². The molecule has 3 aromatic carbocycles. The molecule has 0 aliphatic heterocycles. The van der Waals surface area contributed by atoms with Gasteiger partial charge in [-0.1, -0.05) is 61.5 Å². The van der Waals surface area contributed by atoms with E-state index in [1.165, 1.54) is 16.7 Å². The fourth-order valence-corrected chi connectivity index (χ4v) is 5.12. The zero-order valence-corrected chi connectivity index (χ0v) is 18.6. The minimum absolute atomic E-state index is 0.222. The van der Waals surface area contributed by atoms with Gasteiger partial charge in [-0.3, -0.25) is 0 Å². The van der Waals surface area contributed by atoms with E-state index < -0.39 is 0 Å². The molecule has 2 nitrogen and oxygen atoms in total. The number of thiol groups is 1. The molecule has 0 saturated carbocycles. The fraction of sp³-hybridized carbons (Fsp3) is 0.240. The van der Waals surface area contributed by atoms with Gasteiger partial charge in [0.25, 0.3) is 0 Å². The molecule has 1 radical (unpaired) electrons. The molecular formula is C25H27O2S2. The smallest absolute Gasteiger partial charge is 0.118 e.